The minimum atomic E-state index is -0.554. The van der Waals surface area contributed by atoms with Crippen LogP contribution >= 0.6 is 0 Å². The molecular formula is C27H41N5O3. The fraction of sp³-hybridized carbons (Fsp3) is 0.667. The Morgan fingerprint density at radius 3 is 2.29 bits per heavy atom. The minimum absolute atomic E-state index is 0.0691. The molecule has 1 aromatic rings. The topological polar surface area (TPSA) is 85.0 Å². The highest BCUT2D eigenvalue weighted by Crippen LogP contribution is 2.24. The van der Waals surface area contributed by atoms with E-state index >= 15 is 0 Å². The van der Waals surface area contributed by atoms with Gasteiger partial charge in [0.15, 0.2) is 0 Å². The van der Waals surface area contributed by atoms with Gasteiger partial charge in [-0.2, -0.15) is 0 Å². The standard InChI is InChI=1S/C27H41N5O3/c1-2-3-11-24(26(34)28-22-9-8-10-23(20-22)30-14-4-5-15-30)29-25(33)21-12-18-32(19-13-21)27(35)31-16-6-7-17-31/h8-10,20-21,24H,2-7,11-19H2,1H3,(H,28,34)(H,29,33). The predicted octanol–water partition coefficient (Wildman–Crippen LogP) is 3.83. The Bertz CT molecular complexity index is 871. The lowest BCUT2D eigenvalue weighted by Gasteiger charge is -2.34. The van der Waals surface area contributed by atoms with Crippen molar-refractivity contribution >= 4 is 29.2 Å². The molecule has 8 heteroatoms. The molecule has 3 heterocycles. The molecule has 3 fully saturated rings. The number of carbonyl (C=O) groups is 3. The van der Waals surface area contributed by atoms with Crippen LogP contribution in [-0.2, 0) is 9.59 Å². The summed E-state index contributed by atoms with van der Waals surface area (Å²) in [5, 5.41) is 6.07. The second-order valence-electron chi connectivity index (χ2n) is 10.2. The maximum atomic E-state index is 13.2. The van der Waals surface area contributed by atoms with Gasteiger partial charge in [-0.3, -0.25) is 9.59 Å². The first-order valence-electron chi connectivity index (χ1n) is 13.5. The van der Waals surface area contributed by atoms with Crippen molar-refractivity contribution in [2.75, 3.05) is 49.5 Å². The van der Waals surface area contributed by atoms with Crippen molar-refractivity contribution in [3.05, 3.63) is 24.3 Å². The van der Waals surface area contributed by atoms with Crippen molar-refractivity contribution < 1.29 is 14.4 Å². The average Bonchev–Trinajstić information content (AvgIpc) is 3.61. The molecule has 35 heavy (non-hydrogen) atoms. The van der Waals surface area contributed by atoms with Crippen LogP contribution in [0.4, 0.5) is 16.2 Å². The van der Waals surface area contributed by atoms with Crippen LogP contribution in [0.15, 0.2) is 24.3 Å². The third-order valence-electron chi connectivity index (χ3n) is 7.58. The lowest BCUT2D eigenvalue weighted by molar-refractivity contribution is -0.130. The molecule has 0 aromatic heterocycles. The zero-order valence-electron chi connectivity index (χ0n) is 21.1. The number of unbranched alkanes of at least 4 members (excludes halogenated alkanes) is 1. The van der Waals surface area contributed by atoms with Gasteiger partial charge in [-0.25, -0.2) is 4.79 Å². The van der Waals surface area contributed by atoms with Gasteiger partial charge in [-0.1, -0.05) is 25.8 Å². The monoisotopic (exact) mass is 483 g/mol. The highest BCUT2D eigenvalue weighted by molar-refractivity contribution is 5.97. The summed E-state index contributed by atoms with van der Waals surface area (Å²) in [5.74, 6) is -0.389. The van der Waals surface area contributed by atoms with Crippen molar-refractivity contribution in [3.63, 3.8) is 0 Å². The van der Waals surface area contributed by atoms with Crippen LogP contribution in [0.25, 0.3) is 0 Å². The molecule has 4 rings (SSSR count). The molecule has 4 amide bonds. The van der Waals surface area contributed by atoms with E-state index in [1.807, 2.05) is 28.0 Å². The second kappa shape index (κ2) is 12.3. The number of hydrogen-bond donors (Lipinski definition) is 2. The van der Waals surface area contributed by atoms with Crippen LogP contribution in [0.3, 0.4) is 0 Å². The summed E-state index contributed by atoms with van der Waals surface area (Å²) < 4.78 is 0. The van der Waals surface area contributed by atoms with E-state index in [2.05, 4.69) is 28.5 Å². The number of likely N-dealkylation sites (tertiary alicyclic amines) is 2. The average molecular weight is 484 g/mol. The van der Waals surface area contributed by atoms with Gasteiger partial charge in [-0.05, 0) is 63.1 Å². The summed E-state index contributed by atoms with van der Waals surface area (Å²) >= 11 is 0. The van der Waals surface area contributed by atoms with Crippen LogP contribution in [0.2, 0.25) is 0 Å². The molecule has 1 atom stereocenters. The highest BCUT2D eigenvalue weighted by atomic mass is 16.2. The number of nitrogens with one attached hydrogen (secondary N) is 2. The van der Waals surface area contributed by atoms with Crippen molar-refractivity contribution in [1.29, 1.82) is 0 Å². The Balaban J connectivity index is 1.31. The van der Waals surface area contributed by atoms with Crippen molar-refractivity contribution in [1.82, 2.24) is 15.1 Å². The number of urea groups is 1. The summed E-state index contributed by atoms with van der Waals surface area (Å²) in [4.78, 5) is 45.0. The molecule has 0 saturated carbocycles. The Hall–Kier alpha value is -2.77. The first-order valence-corrected chi connectivity index (χ1v) is 13.5. The molecule has 192 valence electrons. The molecule has 3 aliphatic heterocycles. The Labute approximate surface area is 209 Å². The van der Waals surface area contributed by atoms with Crippen molar-refractivity contribution in [2.24, 2.45) is 5.92 Å². The first-order chi connectivity index (χ1) is 17.0. The van der Waals surface area contributed by atoms with Crippen LogP contribution in [0, 0.1) is 5.92 Å². The normalized spacial score (nSPS) is 19.6. The second-order valence-corrected chi connectivity index (χ2v) is 10.2. The smallest absolute Gasteiger partial charge is 0.319 e. The van der Waals surface area contributed by atoms with Crippen molar-refractivity contribution in [2.45, 2.75) is 70.8 Å². The fourth-order valence-corrected chi connectivity index (χ4v) is 5.39. The zero-order chi connectivity index (χ0) is 24.6. The zero-order valence-corrected chi connectivity index (χ0v) is 21.1. The van der Waals surface area contributed by atoms with Crippen LogP contribution in [-0.4, -0.2) is 73.0 Å². The van der Waals surface area contributed by atoms with Crippen LogP contribution in [0.5, 0.6) is 0 Å². The van der Waals surface area contributed by atoms with E-state index in [0.29, 0.717) is 32.4 Å². The van der Waals surface area contributed by atoms with Gasteiger partial charge in [0, 0.05) is 56.6 Å². The number of rotatable bonds is 8. The number of nitrogens with zero attached hydrogens (tertiary/aromatic N) is 3. The van der Waals surface area contributed by atoms with Gasteiger partial charge in [0.25, 0.3) is 0 Å². The van der Waals surface area contributed by atoms with Crippen LogP contribution < -0.4 is 15.5 Å². The fourth-order valence-electron chi connectivity index (χ4n) is 5.39. The third kappa shape index (κ3) is 6.67. The van der Waals surface area contributed by atoms with Gasteiger partial charge < -0.3 is 25.3 Å². The summed E-state index contributed by atoms with van der Waals surface area (Å²) in [6.45, 7) is 7.07. The molecule has 0 spiro atoms. The lowest BCUT2D eigenvalue weighted by atomic mass is 9.95. The van der Waals surface area contributed by atoms with E-state index in [1.165, 1.54) is 12.8 Å². The lowest BCUT2D eigenvalue weighted by Crippen LogP contribution is -2.50. The molecule has 0 bridgehead atoms. The van der Waals surface area contributed by atoms with Crippen molar-refractivity contribution in [3.8, 4) is 0 Å². The molecule has 0 radical (unpaired) electrons. The molecular weight excluding hydrogens is 442 g/mol. The molecule has 3 aliphatic rings. The van der Waals surface area contributed by atoms with E-state index in [0.717, 1.165) is 63.2 Å². The molecule has 1 aromatic carbocycles. The van der Waals surface area contributed by atoms with E-state index in [-0.39, 0.29) is 23.8 Å². The largest absolute Gasteiger partial charge is 0.371 e. The third-order valence-corrected chi connectivity index (χ3v) is 7.58. The molecule has 3 saturated heterocycles. The quantitative estimate of drug-likeness (QED) is 0.589. The first kappa shape index (κ1) is 25.3. The number of anilines is 2. The maximum absolute atomic E-state index is 13.2. The molecule has 2 N–H and O–H groups in total. The van der Waals surface area contributed by atoms with E-state index in [9.17, 15) is 14.4 Å². The van der Waals surface area contributed by atoms with Gasteiger partial charge in [0.2, 0.25) is 11.8 Å². The van der Waals surface area contributed by atoms with E-state index in [1.54, 1.807) is 0 Å². The Morgan fingerprint density at radius 1 is 0.943 bits per heavy atom. The molecule has 1 unspecified atom stereocenters. The number of carbonyl (C=O) groups excluding carboxylic acids is 3. The van der Waals surface area contributed by atoms with E-state index < -0.39 is 6.04 Å². The number of amides is 4. The minimum Gasteiger partial charge on any atom is -0.371 e. The summed E-state index contributed by atoms with van der Waals surface area (Å²) in [5.41, 5.74) is 1.90. The van der Waals surface area contributed by atoms with E-state index in [4.69, 9.17) is 0 Å². The Morgan fingerprint density at radius 2 is 1.60 bits per heavy atom. The summed E-state index contributed by atoms with van der Waals surface area (Å²) in [7, 11) is 0. The number of hydrogen-bond acceptors (Lipinski definition) is 4. The van der Waals surface area contributed by atoms with Crippen LogP contribution in [0.1, 0.15) is 64.7 Å². The summed E-state index contributed by atoms with van der Waals surface area (Å²) in [6.07, 6.45) is 8.29. The maximum Gasteiger partial charge on any atom is 0.319 e. The highest BCUT2D eigenvalue weighted by Gasteiger charge is 2.32. The number of benzene rings is 1. The van der Waals surface area contributed by atoms with Gasteiger partial charge in [-0.15, -0.1) is 0 Å². The summed E-state index contributed by atoms with van der Waals surface area (Å²) in [6, 6.07) is 7.54. The Kier molecular flexibility index (Phi) is 8.88. The van der Waals surface area contributed by atoms with Gasteiger partial charge >= 0.3 is 6.03 Å². The molecule has 0 aliphatic carbocycles. The molecule has 8 nitrogen and oxygen atoms in total. The van der Waals surface area contributed by atoms with Gasteiger partial charge in [0.1, 0.15) is 6.04 Å². The SMILES string of the molecule is CCCCC(NC(=O)C1CCN(C(=O)N2CCCC2)CC1)C(=O)Nc1cccc(N2CCCC2)c1. The van der Waals surface area contributed by atoms with Gasteiger partial charge in [0.05, 0.1) is 0 Å². The number of piperidine rings is 1. The predicted molar refractivity (Wildman–Crippen MR) is 138 cm³/mol.